The Morgan fingerprint density at radius 3 is 2.52 bits per heavy atom. The number of carbonyl (C=O) groups excluding carboxylic acids is 1. The summed E-state index contributed by atoms with van der Waals surface area (Å²) in [4.78, 5) is 20.9. The number of para-hydroxylation sites is 2. The third kappa shape index (κ3) is 4.81. The van der Waals surface area contributed by atoms with Crippen LogP contribution in [0.25, 0.3) is 0 Å². The third-order valence-electron chi connectivity index (χ3n) is 8.62. The van der Waals surface area contributed by atoms with Crippen LogP contribution in [-0.4, -0.2) is 10.9 Å². The van der Waals surface area contributed by atoms with E-state index in [-0.39, 0.29) is 6.84 Å². The van der Waals surface area contributed by atoms with E-state index in [1.165, 1.54) is 51.4 Å². The van der Waals surface area contributed by atoms with Crippen LogP contribution in [0.2, 0.25) is 0 Å². The Balaban J connectivity index is 0.00000324. The van der Waals surface area contributed by atoms with Gasteiger partial charge in [-0.15, -0.1) is 0 Å². The van der Waals surface area contributed by atoms with Gasteiger partial charge in [0.2, 0.25) is 5.91 Å². The minimum atomic E-state index is -0.262. The Kier molecular flexibility index (Phi) is 7.41. The SMILES string of the molecule is CCCCCCC1(CC)CCC(CC)(C(=O)N2Cc3cccnc3Nc3ccccc32)CC1.[HH]. The van der Waals surface area contributed by atoms with Crippen LogP contribution in [0.15, 0.2) is 42.6 Å². The third-order valence-corrected chi connectivity index (χ3v) is 8.62. The Bertz CT molecular complexity index is 952. The number of nitrogens with one attached hydrogen (secondary N) is 1. The van der Waals surface area contributed by atoms with Gasteiger partial charge in [0.05, 0.1) is 17.9 Å². The fourth-order valence-electron chi connectivity index (χ4n) is 6.03. The van der Waals surface area contributed by atoms with Gasteiger partial charge in [-0.25, -0.2) is 4.98 Å². The van der Waals surface area contributed by atoms with E-state index in [0.29, 0.717) is 17.9 Å². The van der Waals surface area contributed by atoms with Crippen LogP contribution in [0, 0.1) is 10.8 Å². The van der Waals surface area contributed by atoms with Crippen molar-refractivity contribution in [3.63, 3.8) is 0 Å². The maximum Gasteiger partial charge on any atom is 0.233 e. The number of amides is 1. The molecular weight excluding hydrogens is 406 g/mol. The lowest BCUT2D eigenvalue weighted by Crippen LogP contribution is -2.47. The van der Waals surface area contributed by atoms with Crippen LogP contribution in [0.5, 0.6) is 0 Å². The first kappa shape index (κ1) is 23.8. The number of pyridine rings is 1. The molecule has 1 aliphatic heterocycles. The van der Waals surface area contributed by atoms with Crippen molar-refractivity contribution in [3.05, 3.63) is 48.2 Å². The van der Waals surface area contributed by atoms with Crippen molar-refractivity contribution in [1.29, 1.82) is 0 Å². The average molecular weight is 450 g/mol. The number of fused-ring (bicyclic) bond motifs is 2. The van der Waals surface area contributed by atoms with Crippen LogP contribution < -0.4 is 10.2 Å². The van der Waals surface area contributed by atoms with Crippen molar-refractivity contribution in [2.45, 2.75) is 97.9 Å². The molecule has 0 atom stereocenters. The lowest BCUT2D eigenvalue weighted by molar-refractivity contribution is -0.132. The number of nitrogens with zero attached hydrogens (tertiary/aromatic N) is 2. The van der Waals surface area contributed by atoms with E-state index in [9.17, 15) is 4.79 Å². The second kappa shape index (κ2) is 10.3. The Labute approximate surface area is 201 Å². The molecule has 4 rings (SSSR count). The minimum absolute atomic E-state index is 0. The van der Waals surface area contributed by atoms with Crippen LogP contribution in [0.4, 0.5) is 17.2 Å². The zero-order valence-corrected chi connectivity index (χ0v) is 20.8. The summed E-state index contributed by atoms with van der Waals surface area (Å²) in [6, 6.07) is 12.2. The number of anilines is 3. The molecule has 1 saturated carbocycles. The Morgan fingerprint density at radius 1 is 1.00 bits per heavy atom. The molecule has 1 N–H and O–H groups in total. The molecule has 0 spiro atoms. The average Bonchev–Trinajstić information content (AvgIpc) is 3.03. The van der Waals surface area contributed by atoms with Crippen molar-refractivity contribution in [2.75, 3.05) is 10.2 Å². The van der Waals surface area contributed by atoms with Crippen molar-refractivity contribution in [2.24, 2.45) is 10.8 Å². The molecule has 180 valence electrons. The summed E-state index contributed by atoms with van der Waals surface area (Å²) in [5, 5.41) is 3.47. The number of carbonyl (C=O) groups is 1. The highest BCUT2D eigenvalue weighted by Gasteiger charge is 2.47. The molecule has 4 nitrogen and oxygen atoms in total. The summed E-state index contributed by atoms with van der Waals surface area (Å²) in [7, 11) is 0. The number of hydrogen-bond donors (Lipinski definition) is 1. The number of hydrogen-bond acceptors (Lipinski definition) is 3. The lowest BCUT2D eigenvalue weighted by Gasteiger charge is -2.47. The molecule has 33 heavy (non-hydrogen) atoms. The largest absolute Gasteiger partial charge is 0.338 e. The number of aromatic nitrogens is 1. The first-order valence-corrected chi connectivity index (χ1v) is 13.2. The number of rotatable bonds is 8. The van der Waals surface area contributed by atoms with Crippen LogP contribution in [0.3, 0.4) is 0 Å². The highest BCUT2D eigenvalue weighted by Crippen LogP contribution is 2.53. The van der Waals surface area contributed by atoms with Crippen molar-refractivity contribution in [1.82, 2.24) is 4.98 Å². The monoisotopic (exact) mass is 449 g/mol. The van der Waals surface area contributed by atoms with Gasteiger partial charge in [-0.1, -0.05) is 71.1 Å². The zero-order chi connectivity index (χ0) is 23.3. The minimum Gasteiger partial charge on any atom is -0.338 e. The molecule has 4 heteroatoms. The smallest absolute Gasteiger partial charge is 0.233 e. The van der Waals surface area contributed by atoms with Gasteiger partial charge in [0.15, 0.2) is 0 Å². The predicted octanol–water partition coefficient (Wildman–Crippen LogP) is 8.26. The summed E-state index contributed by atoms with van der Waals surface area (Å²) in [6.45, 7) is 7.43. The lowest BCUT2D eigenvalue weighted by atomic mass is 9.59. The summed E-state index contributed by atoms with van der Waals surface area (Å²) < 4.78 is 0. The fraction of sp³-hybridized carbons (Fsp3) is 0.586. The molecule has 2 aliphatic rings. The fourth-order valence-corrected chi connectivity index (χ4v) is 6.03. The molecule has 0 unspecified atom stereocenters. The van der Waals surface area contributed by atoms with E-state index in [1.54, 1.807) is 0 Å². The molecular formula is C29H43N3O. The molecule has 1 aromatic heterocycles. The molecule has 1 aromatic carbocycles. The highest BCUT2D eigenvalue weighted by molar-refractivity contribution is 6.01. The van der Waals surface area contributed by atoms with Crippen LogP contribution in [-0.2, 0) is 11.3 Å². The molecule has 0 saturated heterocycles. The normalized spacial score (nSPS) is 24.4. The van der Waals surface area contributed by atoms with Crippen LogP contribution >= 0.6 is 0 Å². The molecule has 2 aromatic rings. The first-order chi connectivity index (χ1) is 16.1. The topological polar surface area (TPSA) is 45.2 Å². The molecule has 0 radical (unpaired) electrons. The maximum absolute atomic E-state index is 14.3. The maximum atomic E-state index is 14.3. The second-order valence-corrected chi connectivity index (χ2v) is 10.3. The predicted molar refractivity (Wildman–Crippen MR) is 140 cm³/mol. The molecule has 1 aliphatic carbocycles. The summed E-state index contributed by atoms with van der Waals surface area (Å²) in [6.07, 6.45) is 15.0. The van der Waals surface area contributed by atoms with E-state index in [2.05, 4.69) is 49.3 Å². The quantitative estimate of drug-likeness (QED) is 0.413. The van der Waals surface area contributed by atoms with Crippen molar-refractivity contribution >= 4 is 23.1 Å². The van der Waals surface area contributed by atoms with E-state index in [0.717, 1.165) is 42.0 Å². The Morgan fingerprint density at radius 2 is 1.79 bits per heavy atom. The van der Waals surface area contributed by atoms with Gasteiger partial charge in [-0.3, -0.25) is 4.79 Å². The molecule has 0 bridgehead atoms. The molecule has 1 amide bonds. The second-order valence-electron chi connectivity index (χ2n) is 10.3. The molecule has 2 heterocycles. The van der Waals surface area contributed by atoms with Gasteiger partial charge in [0, 0.05) is 18.6 Å². The van der Waals surface area contributed by atoms with E-state index < -0.39 is 0 Å². The zero-order valence-electron chi connectivity index (χ0n) is 20.8. The Hall–Kier alpha value is -2.36. The van der Waals surface area contributed by atoms with Gasteiger partial charge in [0.1, 0.15) is 5.82 Å². The van der Waals surface area contributed by atoms with Gasteiger partial charge in [-0.05, 0) is 62.1 Å². The highest BCUT2D eigenvalue weighted by atomic mass is 16.2. The first-order valence-electron chi connectivity index (χ1n) is 13.2. The van der Waals surface area contributed by atoms with Gasteiger partial charge in [-0.2, -0.15) is 0 Å². The van der Waals surface area contributed by atoms with Gasteiger partial charge >= 0.3 is 0 Å². The summed E-state index contributed by atoms with van der Waals surface area (Å²) >= 11 is 0. The molecule has 1 fully saturated rings. The van der Waals surface area contributed by atoms with E-state index >= 15 is 0 Å². The van der Waals surface area contributed by atoms with E-state index in [4.69, 9.17) is 0 Å². The van der Waals surface area contributed by atoms with Gasteiger partial charge in [0.25, 0.3) is 0 Å². The van der Waals surface area contributed by atoms with Crippen molar-refractivity contribution in [3.8, 4) is 0 Å². The van der Waals surface area contributed by atoms with E-state index in [1.807, 2.05) is 29.3 Å². The standard InChI is InChI=1S/C29H41N3O.H2/c1-4-7-8-11-16-28(5-2)17-19-29(6-3,20-18-28)27(33)32-22-23-13-12-21-30-26(23)31-24-14-9-10-15-25(24)32;/h9-10,12-15,21H,4-8,11,16-20,22H2,1-3H3,(H,30,31);1H. The van der Waals surface area contributed by atoms with Crippen LogP contribution in [0.1, 0.15) is 98.4 Å². The van der Waals surface area contributed by atoms with Crippen molar-refractivity contribution < 1.29 is 6.22 Å². The summed E-state index contributed by atoms with van der Waals surface area (Å²) in [5.41, 5.74) is 3.18. The van der Waals surface area contributed by atoms with Gasteiger partial charge < -0.3 is 10.2 Å². The number of benzene rings is 1. The number of unbranched alkanes of at least 4 members (excludes halogenated alkanes) is 3. The summed E-state index contributed by atoms with van der Waals surface area (Å²) in [5.74, 6) is 1.15.